The first-order valence-corrected chi connectivity index (χ1v) is 8.79. The first-order chi connectivity index (χ1) is 10.7. The van der Waals surface area contributed by atoms with Gasteiger partial charge in [-0.15, -0.1) is 0 Å². The summed E-state index contributed by atoms with van der Waals surface area (Å²) in [7, 11) is 0. The van der Waals surface area contributed by atoms with Gasteiger partial charge in [0.2, 0.25) is 0 Å². The summed E-state index contributed by atoms with van der Waals surface area (Å²) >= 11 is 0. The summed E-state index contributed by atoms with van der Waals surface area (Å²) in [4.78, 5) is 2.70. The Hall–Kier alpha value is -1.32. The molecule has 1 aromatic carbocycles. The van der Waals surface area contributed by atoms with Gasteiger partial charge in [-0.25, -0.2) is 0 Å². The molecule has 3 atom stereocenters. The van der Waals surface area contributed by atoms with E-state index in [-0.39, 0.29) is 11.6 Å². The van der Waals surface area contributed by atoms with E-state index in [2.05, 4.69) is 40.7 Å². The van der Waals surface area contributed by atoms with Crippen molar-refractivity contribution in [3.05, 3.63) is 35.5 Å². The van der Waals surface area contributed by atoms with Crippen LogP contribution in [0.4, 0.5) is 0 Å². The highest BCUT2D eigenvalue weighted by Crippen LogP contribution is 2.59. The largest absolute Gasteiger partial charge is 0.373 e. The standard InChI is InChI=1S/C19H24N2O/c1-2-19-9-5-10-20-11-8-14-13-6-3-4-7-15(13)21(16(22)12-19)17(14)18(19)20/h3-4,6-7,16,18,22H,2,5,8-12H2,1H3/t16?,18-,19+/m1/s1. The monoisotopic (exact) mass is 296 g/mol. The Balaban J connectivity index is 1.85. The van der Waals surface area contributed by atoms with Gasteiger partial charge in [0.15, 0.2) is 0 Å². The van der Waals surface area contributed by atoms with Crippen molar-refractivity contribution in [1.82, 2.24) is 9.47 Å². The number of hydrogen-bond acceptors (Lipinski definition) is 2. The zero-order valence-electron chi connectivity index (χ0n) is 13.3. The molecule has 116 valence electrons. The lowest BCUT2D eigenvalue weighted by Gasteiger charge is -2.56. The Morgan fingerprint density at radius 2 is 2.14 bits per heavy atom. The second kappa shape index (κ2) is 4.36. The predicted molar refractivity (Wildman–Crippen MR) is 87.8 cm³/mol. The number of nitrogens with zero attached hydrogens (tertiary/aromatic N) is 2. The minimum absolute atomic E-state index is 0.275. The predicted octanol–water partition coefficient (Wildman–Crippen LogP) is 3.63. The minimum Gasteiger partial charge on any atom is -0.373 e. The number of aromatic nitrogens is 1. The summed E-state index contributed by atoms with van der Waals surface area (Å²) in [5, 5.41) is 12.3. The molecule has 0 saturated carbocycles. The molecule has 1 saturated heterocycles. The van der Waals surface area contributed by atoms with Gasteiger partial charge in [-0.3, -0.25) is 4.90 Å². The maximum atomic E-state index is 11.0. The molecule has 1 unspecified atom stereocenters. The van der Waals surface area contributed by atoms with Gasteiger partial charge in [0.25, 0.3) is 0 Å². The van der Waals surface area contributed by atoms with Crippen molar-refractivity contribution < 1.29 is 5.11 Å². The van der Waals surface area contributed by atoms with E-state index in [1.807, 2.05) is 0 Å². The van der Waals surface area contributed by atoms with E-state index >= 15 is 0 Å². The summed E-state index contributed by atoms with van der Waals surface area (Å²) in [6.07, 6.45) is 5.41. The summed E-state index contributed by atoms with van der Waals surface area (Å²) in [5.41, 5.74) is 4.46. The van der Waals surface area contributed by atoms with Gasteiger partial charge < -0.3 is 9.67 Å². The molecule has 2 aromatic rings. The lowest BCUT2D eigenvalue weighted by atomic mass is 9.64. The van der Waals surface area contributed by atoms with E-state index in [4.69, 9.17) is 0 Å². The molecule has 3 aliphatic heterocycles. The van der Waals surface area contributed by atoms with Gasteiger partial charge in [-0.2, -0.15) is 0 Å². The number of piperidine rings is 1. The van der Waals surface area contributed by atoms with Crippen LogP contribution in [0, 0.1) is 5.41 Å². The molecule has 4 heterocycles. The second-order valence-electron chi connectivity index (χ2n) is 7.44. The van der Waals surface area contributed by atoms with Crippen LogP contribution < -0.4 is 0 Å². The summed E-state index contributed by atoms with van der Waals surface area (Å²) < 4.78 is 2.26. The second-order valence-corrected chi connectivity index (χ2v) is 7.44. The zero-order valence-corrected chi connectivity index (χ0v) is 13.3. The van der Waals surface area contributed by atoms with Crippen LogP contribution in [-0.4, -0.2) is 27.7 Å². The third-order valence-electron chi connectivity index (χ3n) is 6.62. The highest BCUT2D eigenvalue weighted by atomic mass is 16.3. The maximum absolute atomic E-state index is 11.0. The number of fused-ring (bicyclic) bond motifs is 3. The van der Waals surface area contributed by atoms with Crippen molar-refractivity contribution in [3.63, 3.8) is 0 Å². The van der Waals surface area contributed by atoms with E-state index in [1.165, 1.54) is 54.5 Å². The number of aliphatic hydroxyl groups is 1. The molecule has 0 spiro atoms. The SMILES string of the molecule is CC[C@]12CCCN3CCc4c(n(c5ccccc45)C(O)C1)[C@@H]32. The highest BCUT2D eigenvalue weighted by molar-refractivity contribution is 5.86. The highest BCUT2D eigenvalue weighted by Gasteiger charge is 2.52. The Labute approximate surface area is 131 Å². The fourth-order valence-electron chi connectivity index (χ4n) is 5.66. The third-order valence-corrected chi connectivity index (χ3v) is 6.62. The van der Waals surface area contributed by atoms with Gasteiger partial charge in [-0.05, 0) is 55.7 Å². The fourth-order valence-corrected chi connectivity index (χ4v) is 5.66. The molecule has 3 nitrogen and oxygen atoms in total. The first-order valence-electron chi connectivity index (χ1n) is 8.79. The summed E-state index contributed by atoms with van der Waals surface area (Å²) in [6, 6.07) is 9.19. The fraction of sp³-hybridized carbons (Fsp3) is 0.579. The Morgan fingerprint density at radius 1 is 1.27 bits per heavy atom. The van der Waals surface area contributed by atoms with Gasteiger partial charge in [0, 0.05) is 17.6 Å². The molecule has 1 fully saturated rings. The average molecular weight is 296 g/mol. The lowest BCUT2D eigenvalue weighted by molar-refractivity contribution is -0.0791. The molecule has 1 N–H and O–H groups in total. The molecule has 3 aliphatic rings. The number of aliphatic hydroxyl groups excluding tert-OH is 1. The van der Waals surface area contributed by atoms with Crippen molar-refractivity contribution in [2.75, 3.05) is 13.1 Å². The summed E-state index contributed by atoms with van der Waals surface area (Å²) in [6.45, 7) is 4.73. The van der Waals surface area contributed by atoms with E-state index < -0.39 is 0 Å². The van der Waals surface area contributed by atoms with Crippen molar-refractivity contribution in [1.29, 1.82) is 0 Å². The average Bonchev–Trinajstić information content (AvgIpc) is 2.89. The van der Waals surface area contributed by atoms with Crippen LogP contribution in [0.15, 0.2) is 24.3 Å². The van der Waals surface area contributed by atoms with Crippen molar-refractivity contribution in [2.24, 2.45) is 5.41 Å². The van der Waals surface area contributed by atoms with E-state index in [1.54, 1.807) is 0 Å². The number of hydrogen-bond donors (Lipinski definition) is 1. The third kappa shape index (κ3) is 1.44. The van der Waals surface area contributed by atoms with Crippen molar-refractivity contribution >= 4 is 10.9 Å². The lowest BCUT2D eigenvalue weighted by Crippen LogP contribution is -2.53. The van der Waals surface area contributed by atoms with Crippen LogP contribution in [0.1, 0.15) is 56.1 Å². The van der Waals surface area contributed by atoms with Crippen LogP contribution in [0.2, 0.25) is 0 Å². The quantitative estimate of drug-likeness (QED) is 0.870. The first kappa shape index (κ1) is 13.1. The molecule has 5 rings (SSSR count). The smallest absolute Gasteiger partial charge is 0.131 e. The van der Waals surface area contributed by atoms with Crippen LogP contribution >= 0.6 is 0 Å². The van der Waals surface area contributed by atoms with Gasteiger partial charge >= 0.3 is 0 Å². The number of benzene rings is 1. The van der Waals surface area contributed by atoms with Crippen LogP contribution in [0.3, 0.4) is 0 Å². The molecule has 3 heteroatoms. The normalized spacial score (nSPS) is 33.9. The Morgan fingerprint density at radius 3 is 3.00 bits per heavy atom. The maximum Gasteiger partial charge on any atom is 0.131 e. The van der Waals surface area contributed by atoms with Crippen LogP contribution in [-0.2, 0) is 6.42 Å². The Bertz CT molecular complexity index is 749. The van der Waals surface area contributed by atoms with E-state index in [9.17, 15) is 5.11 Å². The molecule has 1 aromatic heterocycles. The van der Waals surface area contributed by atoms with Gasteiger partial charge in [-0.1, -0.05) is 25.1 Å². The minimum atomic E-state index is -0.358. The molecule has 0 aliphatic carbocycles. The molecule has 0 amide bonds. The summed E-state index contributed by atoms with van der Waals surface area (Å²) in [5.74, 6) is 0. The topological polar surface area (TPSA) is 28.4 Å². The number of rotatable bonds is 1. The molecular weight excluding hydrogens is 272 g/mol. The molecule has 0 bridgehead atoms. The Kier molecular flexibility index (Phi) is 2.61. The van der Waals surface area contributed by atoms with Gasteiger partial charge in [0.05, 0.1) is 11.6 Å². The molecule has 22 heavy (non-hydrogen) atoms. The van der Waals surface area contributed by atoms with Crippen molar-refractivity contribution in [3.8, 4) is 0 Å². The molecule has 0 radical (unpaired) electrons. The number of para-hydroxylation sites is 1. The van der Waals surface area contributed by atoms with Crippen molar-refractivity contribution in [2.45, 2.75) is 51.3 Å². The van der Waals surface area contributed by atoms with Crippen LogP contribution in [0.25, 0.3) is 10.9 Å². The van der Waals surface area contributed by atoms with Crippen LogP contribution in [0.5, 0.6) is 0 Å². The molecular formula is C19H24N2O. The zero-order chi connectivity index (χ0) is 14.9. The van der Waals surface area contributed by atoms with E-state index in [0.29, 0.717) is 6.04 Å². The van der Waals surface area contributed by atoms with E-state index in [0.717, 1.165) is 12.8 Å². The van der Waals surface area contributed by atoms with Gasteiger partial charge in [0.1, 0.15) is 6.23 Å².